The van der Waals surface area contributed by atoms with Crippen LogP contribution in [0.15, 0.2) is 53.0 Å². The monoisotopic (exact) mass is 372 g/mol. The number of halogens is 1. The van der Waals surface area contributed by atoms with Gasteiger partial charge < -0.3 is 10.6 Å². The van der Waals surface area contributed by atoms with Gasteiger partial charge >= 0.3 is 0 Å². The van der Waals surface area contributed by atoms with E-state index < -0.39 is 0 Å². The first-order chi connectivity index (χ1) is 11.0. The molecule has 1 aliphatic carbocycles. The molecule has 2 N–H and O–H groups in total. The van der Waals surface area contributed by atoms with E-state index in [0.29, 0.717) is 6.42 Å². The maximum absolute atomic E-state index is 12.3. The second-order valence-electron chi connectivity index (χ2n) is 5.75. The molecular formula is C18H17BrN2O2. The van der Waals surface area contributed by atoms with Gasteiger partial charge in [-0.05, 0) is 49.2 Å². The highest BCUT2D eigenvalue weighted by atomic mass is 79.9. The third kappa shape index (κ3) is 3.79. The number of carbonyl (C=O) groups is 2. The molecular weight excluding hydrogens is 356 g/mol. The van der Waals surface area contributed by atoms with Crippen LogP contribution in [0.25, 0.3) is 0 Å². The molecule has 23 heavy (non-hydrogen) atoms. The van der Waals surface area contributed by atoms with Gasteiger partial charge in [0.05, 0.1) is 11.8 Å². The number of hydrogen-bond acceptors (Lipinski definition) is 2. The van der Waals surface area contributed by atoms with Crippen LogP contribution in [0.1, 0.15) is 12.0 Å². The molecule has 0 bridgehead atoms. The van der Waals surface area contributed by atoms with Crippen LogP contribution in [0.5, 0.6) is 0 Å². The van der Waals surface area contributed by atoms with Crippen LogP contribution >= 0.6 is 15.9 Å². The van der Waals surface area contributed by atoms with Crippen molar-refractivity contribution in [2.75, 3.05) is 10.6 Å². The Morgan fingerprint density at radius 2 is 1.65 bits per heavy atom. The van der Waals surface area contributed by atoms with Crippen LogP contribution in [0, 0.1) is 18.8 Å². The molecule has 0 saturated heterocycles. The maximum Gasteiger partial charge on any atom is 0.228 e. The Kier molecular flexibility index (Phi) is 4.48. The Morgan fingerprint density at radius 1 is 1.00 bits per heavy atom. The molecule has 0 aliphatic heterocycles. The van der Waals surface area contributed by atoms with E-state index in [9.17, 15) is 9.59 Å². The van der Waals surface area contributed by atoms with E-state index in [1.54, 1.807) is 0 Å². The quantitative estimate of drug-likeness (QED) is 0.852. The highest BCUT2D eigenvalue weighted by Gasteiger charge is 2.48. The van der Waals surface area contributed by atoms with Gasteiger partial charge in [-0.1, -0.05) is 34.1 Å². The van der Waals surface area contributed by atoms with Gasteiger partial charge in [-0.15, -0.1) is 0 Å². The topological polar surface area (TPSA) is 58.2 Å². The minimum Gasteiger partial charge on any atom is -0.326 e. The van der Waals surface area contributed by atoms with E-state index in [-0.39, 0.29) is 23.7 Å². The van der Waals surface area contributed by atoms with Crippen molar-refractivity contribution in [3.05, 3.63) is 58.6 Å². The summed E-state index contributed by atoms with van der Waals surface area (Å²) in [6.07, 6.45) is 0.597. The van der Waals surface area contributed by atoms with Crippen molar-refractivity contribution < 1.29 is 9.59 Å². The van der Waals surface area contributed by atoms with Gasteiger partial charge in [0.2, 0.25) is 11.8 Å². The number of rotatable bonds is 4. The Labute approximate surface area is 143 Å². The SMILES string of the molecule is Cc1cc(Br)ccc1NC(=O)C1CC1C(=O)Nc1ccccc1. The first-order valence-electron chi connectivity index (χ1n) is 7.47. The smallest absolute Gasteiger partial charge is 0.228 e. The zero-order chi connectivity index (χ0) is 16.4. The lowest BCUT2D eigenvalue weighted by Gasteiger charge is -2.09. The standard InChI is InChI=1S/C18H17BrN2O2/c1-11-9-12(19)7-8-16(11)21-18(23)15-10-14(15)17(22)20-13-5-3-2-4-6-13/h2-9,14-15H,10H2,1H3,(H,20,22)(H,21,23). The molecule has 1 saturated carbocycles. The van der Waals surface area contributed by atoms with Crippen molar-refractivity contribution in [3.8, 4) is 0 Å². The lowest BCUT2D eigenvalue weighted by molar-refractivity contribution is -0.122. The summed E-state index contributed by atoms with van der Waals surface area (Å²) in [6.45, 7) is 1.94. The van der Waals surface area contributed by atoms with Gasteiger partial charge in [-0.2, -0.15) is 0 Å². The van der Waals surface area contributed by atoms with Crippen molar-refractivity contribution in [1.82, 2.24) is 0 Å². The zero-order valence-corrected chi connectivity index (χ0v) is 14.3. The molecule has 3 rings (SSSR count). The van der Waals surface area contributed by atoms with E-state index >= 15 is 0 Å². The highest BCUT2D eigenvalue weighted by molar-refractivity contribution is 9.10. The highest BCUT2D eigenvalue weighted by Crippen LogP contribution is 2.40. The summed E-state index contributed by atoms with van der Waals surface area (Å²) >= 11 is 3.40. The summed E-state index contributed by atoms with van der Waals surface area (Å²) in [5, 5.41) is 5.75. The number of benzene rings is 2. The number of para-hydroxylation sites is 1. The maximum atomic E-state index is 12.3. The predicted octanol–water partition coefficient (Wildman–Crippen LogP) is 3.97. The fourth-order valence-electron chi connectivity index (χ4n) is 2.52. The fourth-order valence-corrected chi connectivity index (χ4v) is 3.00. The van der Waals surface area contributed by atoms with Gasteiger partial charge in [-0.25, -0.2) is 0 Å². The van der Waals surface area contributed by atoms with E-state index in [4.69, 9.17) is 0 Å². The third-order valence-electron chi connectivity index (χ3n) is 3.95. The Balaban J connectivity index is 1.57. The third-order valence-corrected chi connectivity index (χ3v) is 4.44. The van der Waals surface area contributed by atoms with Crippen molar-refractivity contribution in [2.45, 2.75) is 13.3 Å². The number of amides is 2. The molecule has 1 aliphatic rings. The van der Waals surface area contributed by atoms with Crippen molar-refractivity contribution in [2.24, 2.45) is 11.8 Å². The van der Waals surface area contributed by atoms with Crippen LogP contribution in [-0.4, -0.2) is 11.8 Å². The van der Waals surface area contributed by atoms with Crippen LogP contribution in [-0.2, 0) is 9.59 Å². The summed E-state index contributed by atoms with van der Waals surface area (Å²) in [6, 6.07) is 15.0. The van der Waals surface area contributed by atoms with Crippen LogP contribution in [0.2, 0.25) is 0 Å². The predicted molar refractivity (Wildman–Crippen MR) is 94.2 cm³/mol. The zero-order valence-electron chi connectivity index (χ0n) is 12.7. The van der Waals surface area contributed by atoms with Crippen molar-refractivity contribution in [3.63, 3.8) is 0 Å². The average molecular weight is 373 g/mol. The van der Waals surface area contributed by atoms with E-state index in [1.165, 1.54) is 0 Å². The fraction of sp³-hybridized carbons (Fsp3) is 0.222. The summed E-state index contributed by atoms with van der Waals surface area (Å²) in [7, 11) is 0. The van der Waals surface area contributed by atoms with Crippen molar-refractivity contribution >= 4 is 39.1 Å². The Bertz CT molecular complexity index is 746. The summed E-state index contributed by atoms with van der Waals surface area (Å²) in [5.41, 5.74) is 2.53. The molecule has 0 radical (unpaired) electrons. The lowest BCUT2D eigenvalue weighted by Crippen LogP contribution is -2.20. The molecule has 118 valence electrons. The number of hydrogen-bond donors (Lipinski definition) is 2. The van der Waals surface area contributed by atoms with Gasteiger partial charge in [-0.3, -0.25) is 9.59 Å². The number of nitrogens with one attached hydrogen (secondary N) is 2. The second kappa shape index (κ2) is 6.54. The Morgan fingerprint density at radius 3 is 2.30 bits per heavy atom. The first kappa shape index (κ1) is 15.7. The minimum absolute atomic E-state index is 0.0936. The van der Waals surface area contributed by atoms with E-state index in [1.807, 2.05) is 55.5 Å². The molecule has 0 spiro atoms. The molecule has 0 heterocycles. The largest absolute Gasteiger partial charge is 0.326 e. The minimum atomic E-state index is -0.248. The van der Waals surface area contributed by atoms with Gasteiger partial charge in [0.1, 0.15) is 0 Å². The number of carbonyl (C=O) groups excluding carboxylic acids is 2. The van der Waals surface area contributed by atoms with Gasteiger partial charge in [0.25, 0.3) is 0 Å². The molecule has 0 aromatic heterocycles. The summed E-state index contributed by atoms with van der Waals surface area (Å²) in [4.78, 5) is 24.4. The normalized spacial score (nSPS) is 19.0. The van der Waals surface area contributed by atoms with Gasteiger partial charge in [0.15, 0.2) is 0 Å². The van der Waals surface area contributed by atoms with Crippen LogP contribution < -0.4 is 10.6 Å². The molecule has 2 amide bonds. The molecule has 4 nitrogen and oxygen atoms in total. The number of anilines is 2. The average Bonchev–Trinajstić information content (AvgIpc) is 3.32. The number of aryl methyl sites for hydroxylation is 1. The lowest BCUT2D eigenvalue weighted by atomic mass is 10.2. The molecule has 2 unspecified atom stereocenters. The van der Waals surface area contributed by atoms with Gasteiger partial charge in [0, 0.05) is 15.8 Å². The molecule has 2 aromatic carbocycles. The Hall–Kier alpha value is -2.14. The second-order valence-corrected chi connectivity index (χ2v) is 6.67. The molecule has 1 fully saturated rings. The van der Waals surface area contributed by atoms with Crippen LogP contribution in [0.3, 0.4) is 0 Å². The van der Waals surface area contributed by atoms with E-state index in [0.717, 1.165) is 21.4 Å². The first-order valence-corrected chi connectivity index (χ1v) is 8.27. The molecule has 5 heteroatoms. The molecule has 2 aromatic rings. The van der Waals surface area contributed by atoms with Crippen molar-refractivity contribution in [1.29, 1.82) is 0 Å². The molecule has 2 atom stereocenters. The van der Waals surface area contributed by atoms with Crippen LogP contribution in [0.4, 0.5) is 11.4 Å². The van der Waals surface area contributed by atoms with E-state index in [2.05, 4.69) is 26.6 Å². The summed E-state index contributed by atoms with van der Waals surface area (Å²) in [5.74, 6) is -0.680. The summed E-state index contributed by atoms with van der Waals surface area (Å²) < 4.78 is 0.972.